The zero-order valence-electron chi connectivity index (χ0n) is 8.17. The lowest BCUT2D eigenvalue weighted by molar-refractivity contribution is -0.123. The van der Waals surface area contributed by atoms with Gasteiger partial charge in [-0.15, -0.1) is 0 Å². The molecular weight excluding hydrogens is 180 g/mol. The van der Waals surface area contributed by atoms with Crippen LogP contribution >= 0.6 is 0 Å². The Kier molecular flexibility index (Phi) is 3.91. The monoisotopic (exact) mass is 198 g/mol. The van der Waals surface area contributed by atoms with Gasteiger partial charge in [0.05, 0.1) is 6.54 Å². The predicted molar refractivity (Wildman–Crippen MR) is 57.8 cm³/mol. The van der Waals surface area contributed by atoms with Crippen LogP contribution in [0.3, 0.4) is 0 Å². The van der Waals surface area contributed by atoms with Gasteiger partial charge in [-0.1, -0.05) is 18.2 Å². The number of allylic oxidation sites excluding steroid dienone is 2. The van der Waals surface area contributed by atoms with E-state index in [2.05, 4.69) is 10.6 Å². The summed E-state index contributed by atoms with van der Waals surface area (Å²) in [6, 6.07) is 0. The Morgan fingerprint density at radius 3 is 2.86 bits per heavy atom. The molecule has 4 heteroatoms. The number of carbonyl (C=O) groups excluding carboxylic acids is 2. The Labute approximate surface area is 86.0 Å². The largest absolute Gasteiger partial charge is 0.358 e. The normalized spacial score (nSPS) is 14.5. The first-order valence-corrected chi connectivity index (χ1v) is 4.59. The maximum absolute atomic E-state index is 11.4. The lowest BCUT2D eigenvalue weighted by Crippen LogP contribution is -2.35. The molecule has 4 nitrogen and oxygen atoms in total. The van der Waals surface area contributed by atoms with Crippen LogP contribution in [-0.4, -0.2) is 25.4 Å². The SMILES string of the molecule is CNC(=O)CNC(=O)C1=CCCC=C1.[HH].[HH]. The lowest BCUT2D eigenvalue weighted by atomic mass is 10.1. The van der Waals surface area contributed by atoms with E-state index in [-0.39, 0.29) is 21.2 Å². The molecule has 0 aromatic carbocycles. The first-order valence-electron chi connectivity index (χ1n) is 4.59. The van der Waals surface area contributed by atoms with Crippen molar-refractivity contribution in [3.63, 3.8) is 0 Å². The highest BCUT2D eigenvalue weighted by Crippen LogP contribution is 2.08. The summed E-state index contributed by atoms with van der Waals surface area (Å²) in [6.45, 7) is 0.0283. The number of hydrogen-bond donors (Lipinski definition) is 2. The zero-order chi connectivity index (χ0) is 10.4. The molecule has 1 aliphatic carbocycles. The van der Waals surface area contributed by atoms with Gasteiger partial charge in [0.15, 0.2) is 0 Å². The molecule has 14 heavy (non-hydrogen) atoms. The van der Waals surface area contributed by atoms with E-state index >= 15 is 0 Å². The van der Waals surface area contributed by atoms with Gasteiger partial charge in [0, 0.05) is 15.5 Å². The van der Waals surface area contributed by atoms with Crippen LogP contribution in [-0.2, 0) is 9.59 Å². The molecule has 0 unspecified atom stereocenters. The summed E-state index contributed by atoms with van der Waals surface area (Å²) in [5, 5.41) is 4.96. The zero-order valence-corrected chi connectivity index (χ0v) is 8.17. The van der Waals surface area contributed by atoms with Gasteiger partial charge in [-0.05, 0) is 12.8 Å². The summed E-state index contributed by atoms with van der Waals surface area (Å²) in [5.41, 5.74) is 0.639. The standard InChI is InChI=1S/C10H14N2O2.2H2/c1-11-9(13)7-12-10(14)8-5-3-2-4-6-8;;/h3,5-6H,2,4,7H2,1H3,(H,11,13)(H,12,14);2*1H. The molecule has 2 amide bonds. The number of amides is 2. The first-order chi connectivity index (χ1) is 6.74. The summed E-state index contributed by atoms with van der Waals surface area (Å²) in [6.07, 6.45) is 7.47. The van der Waals surface area contributed by atoms with Crippen LogP contribution in [0.15, 0.2) is 23.8 Å². The lowest BCUT2D eigenvalue weighted by Gasteiger charge is -2.07. The minimum absolute atomic E-state index is 0. The fourth-order valence-corrected chi connectivity index (χ4v) is 1.13. The van der Waals surface area contributed by atoms with E-state index in [9.17, 15) is 9.59 Å². The van der Waals surface area contributed by atoms with Crippen molar-refractivity contribution in [3.8, 4) is 0 Å². The maximum Gasteiger partial charge on any atom is 0.251 e. The van der Waals surface area contributed by atoms with Gasteiger partial charge in [0.25, 0.3) is 5.91 Å². The average Bonchev–Trinajstić information content (AvgIpc) is 2.26. The summed E-state index contributed by atoms with van der Waals surface area (Å²) in [7, 11) is 1.54. The third-order valence-electron chi connectivity index (χ3n) is 1.95. The molecule has 0 atom stereocenters. The minimum atomic E-state index is -0.196. The van der Waals surface area contributed by atoms with Crippen molar-refractivity contribution in [3.05, 3.63) is 23.8 Å². The molecule has 0 radical (unpaired) electrons. The number of carbonyl (C=O) groups is 2. The van der Waals surface area contributed by atoms with Crippen LogP contribution in [0.4, 0.5) is 0 Å². The van der Waals surface area contributed by atoms with E-state index in [4.69, 9.17) is 0 Å². The molecule has 0 fully saturated rings. The maximum atomic E-state index is 11.4. The van der Waals surface area contributed by atoms with Gasteiger partial charge in [-0.2, -0.15) is 0 Å². The van der Waals surface area contributed by atoms with Crippen LogP contribution in [0.1, 0.15) is 15.7 Å². The first kappa shape index (κ1) is 10.5. The topological polar surface area (TPSA) is 58.2 Å². The molecule has 1 aliphatic rings. The van der Waals surface area contributed by atoms with Gasteiger partial charge in [0.1, 0.15) is 0 Å². The van der Waals surface area contributed by atoms with E-state index in [1.54, 1.807) is 6.08 Å². The van der Waals surface area contributed by atoms with Gasteiger partial charge in [0.2, 0.25) is 5.91 Å². The fourth-order valence-electron chi connectivity index (χ4n) is 1.13. The van der Waals surface area contributed by atoms with Crippen LogP contribution in [0.5, 0.6) is 0 Å². The molecule has 0 bridgehead atoms. The summed E-state index contributed by atoms with van der Waals surface area (Å²) in [5.74, 6) is -0.386. The van der Waals surface area contributed by atoms with Crippen LogP contribution in [0.25, 0.3) is 0 Å². The molecule has 0 aromatic rings. The molecule has 0 saturated heterocycles. The molecule has 0 spiro atoms. The molecule has 80 valence electrons. The second-order valence-electron chi connectivity index (χ2n) is 3.00. The Hall–Kier alpha value is -1.58. The van der Waals surface area contributed by atoms with Crippen molar-refractivity contribution in [2.45, 2.75) is 12.8 Å². The number of likely N-dealkylation sites (N-methyl/N-ethyl adjacent to an activating group) is 1. The highest BCUT2D eigenvalue weighted by Gasteiger charge is 2.08. The van der Waals surface area contributed by atoms with Crippen LogP contribution < -0.4 is 10.6 Å². The van der Waals surface area contributed by atoms with E-state index in [0.717, 1.165) is 12.8 Å². The summed E-state index contributed by atoms with van der Waals surface area (Å²) in [4.78, 5) is 22.2. The quantitative estimate of drug-likeness (QED) is 0.698. The van der Waals surface area contributed by atoms with Crippen LogP contribution in [0.2, 0.25) is 0 Å². The van der Waals surface area contributed by atoms with E-state index in [1.807, 2.05) is 12.2 Å². The van der Waals surface area contributed by atoms with Gasteiger partial charge >= 0.3 is 0 Å². The molecule has 2 N–H and O–H groups in total. The molecule has 0 aliphatic heterocycles. The second kappa shape index (κ2) is 5.21. The van der Waals surface area contributed by atoms with Crippen molar-refractivity contribution in [2.24, 2.45) is 0 Å². The summed E-state index contributed by atoms with van der Waals surface area (Å²) < 4.78 is 0. The number of hydrogen-bond acceptors (Lipinski definition) is 2. The predicted octanol–water partition coefficient (Wildman–Crippen LogP) is 0.617. The molecule has 1 rings (SSSR count). The van der Waals surface area contributed by atoms with E-state index in [1.165, 1.54) is 7.05 Å². The summed E-state index contributed by atoms with van der Waals surface area (Å²) >= 11 is 0. The minimum Gasteiger partial charge on any atom is -0.358 e. The smallest absolute Gasteiger partial charge is 0.251 e. The second-order valence-corrected chi connectivity index (χ2v) is 3.00. The highest BCUT2D eigenvalue weighted by atomic mass is 16.2. The fraction of sp³-hybridized carbons (Fsp3) is 0.400. The van der Waals surface area contributed by atoms with Crippen molar-refractivity contribution in [1.29, 1.82) is 0 Å². The Morgan fingerprint density at radius 1 is 1.50 bits per heavy atom. The van der Waals surface area contributed by atoms with E-state index in [0.29, 0.717) is 5.57 Å². The molecular formula is C10H18N2O2. The van der Waals surface area contributed by atoms with Gasteiger partial charge in [-0.3, -0.25) is 9.59 Å². The number of rotatable bonds is 3. The van der Waals surface area contributed by atoms with Gasteiger partial charge in [-0.25, -0.2) is 0 Å². The van der Waals surface area contributed by atoms with Crippen molar-refractivity contribution in [2.75, 3.05) is 13.6 Å². The molecule has 0 saturated carbocycles. The van der Waals surface area contributed by atoms with Crippen molar-refractivity contribution < 1.29 is 12.4 Å². The van der Waals surface area contributed by atoms with Gasteiger partial charge < -0.3 is 10.6 Å². The third kappa shape index (κ3) is 3.05. The van der Waals surface area contributed by atoms with Crippen molar-refractivity contribution >= 4 is 11.8 Å². The Morgan fingerprint density at radius 2 is 2.29 bits per heavy atom. The van der Waals surface area contributed by atoms with Crippen molar-refractivity contribution in [1.82, 2.24) is 10.6 Å². The van der Waals surface area contributed by atoms with E-state index < -0.39 is 0 Å². The van der Waals surface area contributed by atoms with Crippen LogP contribution in [0, 0.1) is 0 Å². The Bertz CT molecular complexity index is 301. The third-order valence-corrected chi connectivity index (χ3v) is 1.95. The molecule has 0 aromatic heterocycles. The Balaban J connectivity index is 0. The highest BCUT2D eigenvalue weighted by molar-refractivity contribution is 5.98. The number of nitrogens with one attached hydrogen (secondary N) is 2. The average molecular weight is 198 g/mol. The molecule has 0 heterocycles.